The lowest BCUT2D eigenvalue weighted by Crippen LogP contribution is -2.42. The third-order valence-corrected chi connectivity index (χ3v) is 6.69. The molecule has 5 rings (SSSR count). The third-order valence-electron chi connectivity index (χ3n) is 6.69. The van der Waals surface area contributed by atoms with Crippen LogP contribution in [0.15, 0.2) is 30.9 Å². The molecule has 0 unspecified atom stereocenters. The molecule has 1 spiro atoms. The Morgan fingerprint density at radius 2 is 1.86 bits per heavy atom. The van der Waals surface area contributed by atoms with Crippen molar-refractivity contribution in [3.63, 3.8) is 0 Å². The topological polar surface area (TPSA) is 80.0 Å². The summed E-state index contributed by atoms with van der Waals surface area (Å²) in [6.07, 6.45) is -0.240. The second-order valence-corrected chi connectivity index (χ2v) is 9.15. The maximum Gasteiger partial charge on any atom is 0.417 e. The Kier molecular flexibility index (Phi) is 5.80. The highest BCUT2D eigenvalue weighted by molar-refractivity contribution is 5.79. The fraction of sp³-hybridized carbons (Fsp3) is 0.500. The summed E-state index contributed by atoms with van der Waals surface area (Å²) >= 11 is 0. The lowest BCUT2D eigenvalue weighted by molar-refractivity contribution is -0.137. The summed E-state index contributed by atoms with van der Waals surface area (Å²) in [7, 11) is 0. The Balaban J connectivity index is 1.25. The van der Waals surface area contributed by atoms with Crippen molar-refractivity contribution in [2.45, 2.75) is 45.0 Å². The number of pyridine rings is 1. The molecular weight excluding hydrogens is 473 g/mol. The van der Waals surface area contributed by atoms with Crippen molar-refractivity contribution < 1.29 is 26.7 Å². The first kappa shape index (κ1) is 23.4. The molecule has 186 valence electrons. The minimum atomic E-state index is -4.49. The van der Waals surface area contributed by atoms with Gasteiger partial charge in [0.15, 0.2) is 5.65 Å². The normalized spacial score (nSPS) is 18.4. The van der Waals surface area contributed by atoms with Gasteiger partial charge < -0.3 is 9.80 Å². The van der Waals surface area contributed by atoms with Crippen LogP contribution in [0.2, 0.25) is 0 Å². The van der Waals surface area contributed by atoms with Crippen molar-refractivity contribution in [1.82, 2.24) is 29.6 Å². The number of rotatable bonds is 5. The number of fused-ring (bicyclic) bond motifs is 1. The molecule has 0 aromatic carbocycles. The van der Waals surface area contributed by atoms with Gasteiger partial charge in [0.1, 0.15) is 17.9 Å². The van der Waals surface area contributed by atoms with Crippen molar-refractivity contribution in [1.29, 1.82) is 0 Å². The van der Waals surface area contributed by atoms with E-state index in [1.165, 1.54) is 12.4 Å². The molecule has 35 heavy (non-hydrogen) atoms. The molecule has 0 N–H and O–H groups in total. The van der Waals surface area contributed by atoms with Crippen molar-refractivity contribution >= 4 is 22.9 Å². The van der Waals surface area contributed by atoms with Gasteiger partial charge in [-0.05, 0) is 24.5 Å². The van der Waals surface area contributed by atoms with Crippen LogP contribution < -0.4 is 4.90 Å². The Bertz CT molecular complexity index is 1240. The van der Waals surface area contributed by atoms with Crippen molar-refractivity contribution in [2.24, 2.45) is 5.41 Å². The van der Waals surface area contributed by atoms with Gasteiger partial charge in [-0.1, -0.05) is 0 Å². The number of likely N-dealkylation sites (tertiary alicyclic amines) is 1. The number of halogens is 5. The molecular formula is C22H22F5N7O. The van der Waals surface area contributed by atoms with E-state index in [0.29, 0.717) is 61.4 Å². The number of piperidine rings is 1. The van der Waals surface area contributed by atoms with Crippen LogP contribution in [0.1, 0.15) is 30.4 Å². The summed E-state index contributed by atoms with van der Waals surface area (Å²) in [6.45, 7) is 1.16. The van der Waals surface area contributed by atoms with Gasteiger partial charge in [-0.15, -0.1) is 0 Å². The Hall–Kier alpha value is -3.38. The predicted molar refractivity (Wildman–Crippen MR) is 114 cm³/mol. The fourth-order valence-corrected chi connectivity index (χ4v) is 4.88. The number of nitrogens with zero attached hydrogens (tertiary/aromatic N) is 7. The average molecular weight is 495 g/mol. The summed E-state index contributed by atoms with van der Waals surface area (Å²) in [4.78, 5) is 28.8. The zero-order valence-corrected chi connectivity index (χ0v) is 18.5. The summed E-state index contributed by atoms with van der Waals surface area (Å²) in [6, 6.07) is 1.03. The van der Waals surface area contributed by atoms with Crippen LogP contribution in [0.4, 0.5) is 27.8 Å². The average Bonchev–Trinajstić information content (AvgIpc) is 3.33. The van der Waals surface area contributed by atoms with Gasteiger partial charge >= 0.3 is 6.18 Å². The second-order valence-electron chi connectivity index (χ2n) is 9.15. The number of amides is 1. The number of anilines is 1. The molecule has 0 saturated carbocycles. The number of aromatic nitrogens is 5. The van der Waals surface area contributed by atoms with Gasteiger partial charge in [0, 0.05) is 50.4 Å². The van der Waals surface area contributed by atoms with E-state index in [1.807, 2.05) is 4.90 Å². The van der Waals surface area contributed by atoms with E-state index in [1.54, 1.807) is 11.1 Å². The second kappa shape index (κ2) is 8.68. The molecule has 3 aromatic rings. The molecule has 2 saturated heterocycles. The molecule has 0 radical (unpaired) electrons. The van der Waals surface area contributed by atoms with Gasteiger partial charge in [-0.2, -0.15) is 18.3 Å². The Morgan fingerprint density at radius 1 is 1.09 bits per heavy atom. The van der Waals surface area contributed by atoms with Crippen molar-refractivity contribution in [2.75, 3.05) is 24.5 Å². The molecule has 5 heterocycles. The first-order valence-corrected chi connectivity index (χ1v) is 11.1. The smallest absolute Gasteiger partial charge is 0.355 e. The van der Waals surface area contributed by atoms with Gasteiger partial charge in [-0.25, -0.2) is 23.4 Å². The molecule has 13 heteroatoms. The van der Waals surface area contributed by atoms with Crippen LogP contribution >= 0.6 is 0 Å². The van der Waals surface area contributed by atoms with E-state index >= 15 is 0 Å². The maximum absolute atomic E-state index is 13.0. The number of hydrogen-bond acceptors (Lipinski definition) is 6. The largest absolute Gasteiger partial charge is 0.417 e. The first-order valence-electron chi connectivity index (χ1n) is 11.1. The van der Waals surface area contributed by atoms with Gasteiger partial charge in [0.2, 0.25) is 5.91 Å². The predicted octanol–water partition coefficient (Wildman–Crippen LogP) is 3.52. The summed E-state index contributed by atoms with van der Waals surface area (Å²) in [5.41, 5.74) is -0.0364. The number of alkyl halides is 5. The van der Waals surface area contributed by atoms with Crippen LogP contribution in [-0.2, 0) is 24.1 Å². The lowest BCUT2D eigenvalue weighted by Gasteiger charge is -2.39. The zero-order chi connectivity index (χ0) is 24.8. The molecule has 3 aromatic heterocycles. The quantitative estimate of drug-likeness (QED) is 0.504. The van der Waals surface area contributed by atoms with Gasteiger partial charge in [0.05, 0.1) is 18.0 Å². The Labute approximate surface area is 196 Å². The molecule has 2 aliphatic rings. The van der Waals surface area contributed by atoms with E-state index in [-0.39, 0.29) is 17.9 Å². The van der Waals surface area contributed by atoms with E-state index in [9.17, 15) is 26.7 Å². The molecule has 2 fully saturated rings. The van der Waals surface area contributed by atoms with Crippen LogP contribution in [-0.4, -0.2) is 61.6 Å². The maximum atomic E-state index is 13.0. The zero-order valence-electron chi connectivity index (χ0n) is 18.5. The highest BCUT2D eigenvalue weighted by Crippen LogP contribution is 2.42. The number of carbonyl (C=O) groups excluding carboxylic acids is 1. The van der Waals surface area contributed by atoms with E-state index < -0.39 is 24.7 Å². The van der Waals surface area contributed by atoms with Crippen LogP contribution in [0, 0.1) is 5.41 Å². The standard InChI is InChI=1S/C22H22F5N7O/c23-17(24)12-34-20-16(9-30-34)29-10-18(31-20)32-3-1-21(2-4-32)6-19(35)33(13-21)11-14-5-15(8-28-7-14)22(25,26)27/h5,7-10,17H,1-4,6,11-13H2. The molecule has 8 nitrogen and oxygen atoms in total. The number of hydrogen-bond donors (Lipinski definition) is 0. The van der Waals surface area contributed by atoms with Gasteiger partial charge in [-0.3, -0.25) is 9.78 Å². The van der Waals surface area contributed by atoms with Crippen LogP contribution in [0.5, 0.6) is 0 Å². The van der Waals surface area contributed by atoms with Gasteiger partial charge in [0.25, 0.3) is 6.43 Å². The molecule has 1 amide bonds. The fourth-order valence-electron chi connectivity index (χ4n) is 4.88. The number of carbonyl (C=O) groups is 1. The monoisotopic (exact) mass is 495 g/mol. The SMILES string of the molecule is O=C1CC2(CCN(c3cnc4cnn(CC(F)F)c4n3)CC2)CN1Cc1cncc(C(F)(F)F)c1. The van der Waals surface area contributed by atoms with Crippen LogP contribution in [0.3, 0.4) is 0 Å². The summed E-state index contributed by atoms with van der Waals surface area (Å²) in [5.74, 6) is 0.465. The minimum Gasteiger partial charge on any atom is -0.355 e. The van der Waals surface area contributed by atoms with E-state index in [2.05, 4.69) is 20.1 Å². The molecule has 2 aliphatic heterocycles. The highest BCUT2D eigenvalue weighted by Gasteiger charge is 2.45. The summed E-state index contributed by atoms with van der Waals surface area (Å²) < 4.78 is 65.8. The van der Waals surface area contributed by atoms with E-state index in [0.717, 1.165) is 16.9 Å². The first-order chi connectivity index (χ1) is 16.6. The highest BCUT2D eigenvalue weighted by atomic mass is 19.4. The molecule has 0 bridgehead atoms. The third kappa shape index (κ3) is 4.76. The van der Waals surface area contributed by atoms with Crippen LogP contribution in [0.25, 0.3) is 11.2 Å². The molecule has 0 atom stereocenters. The Morgan fingerprint density at radius 3 is 2.57 bits per heavy atom. The lowest BCUT2D eigenvalue weighted by atomic mass is 9.77. The minimum absolute atomic E-state index is 0.0808. The van der Waals surface area contributed by atoms with Crippen molar-refractivity contribution in [3.8, 4) is 0 Å². The summed E-state index contributed by atoms with van der Waals surface area (Å²) in [5, 5.41) is 3.93. The molecule has 0 aliphatic carbocycles. The van der Waals surface area contributed by atoms with E-state index in [4.69, 9.17) is 0 Å². The van der Waals surface area contributed by atoms with Crippen molar-refractivity contribution in [3.05, 3.63) is 42.0 Å².